The first kappa shape index (κ1) is 12.0. The zero-order valence-electron chi connectivity index (χ0n) is 9.53. The van der Waals surface area contributed by atoms with Crippen LogP contribution in [0.3, 0.4) is 0 Å². The van der Waals surface area contributed by atoms with Crippen LogP contribution in [-0.4, -0.2) is 24.9 Å². The van der Waals surface area contributed by atoms with Gasteiger partial charge < -0.3 is 15.2 Å². The van der Waals surface area contributed by atoms with Crippen LogP contribution in [0.15, 0.2) is 24.3 Å². The van der Waals surface area contributed by atoms with Crippen LogP contribution in [0.25, 0.3) is 0 Å². The number of ether oxygens (including phenoxy) is 1. The molecule has 3 nitrogen and oxygen atoms in total. The zero-order chi connectivity index (χ0) is 11.3. The molecule has 84 valence electrons. The molecule has 0 aliphatic rings. The first-order valence-corrected chi connectivity index (χ1v) is 5.19. The molecule has 0 saturated heterocycles. The van der Waals surface area contributed by atoms with Crippen LogP contribution in [0.1, 0.15) is 25.5 Å². The van der Waals surface area contributed by atoms with E-state index in [0.29, 0.717) is 6.54 Å². The second-order valence-electron chi connectivity index (χ2n) is 3.75. The van der Waals surface area contributed by atoms with Crippen molar-refractivity contribution >= 4 is 0 Å². The number of nitrogens with one attached hydrogen (secondary N) is 1. The summed E-state index contributed by atoms with van der Waals surface area (Å²) in [4.78, 5) is 0. The molecule has 0 amide bonds. The molecule has 0 aliphatic carbocycles. The molecule has 0 unspecified atom stereocenters. The van der Waals surface area contributed by atoms with Gasteiger partial charge in [-0.2, -0.15) is 0 Å². The highest BCUT2D eigenvalue weighted by atomic mass is 16.5. The molecular formula is C12H19NO2. The summed E-state index contributed by atoms with van der Waals surface area (Å²) in [5, 5.41) is 12.4. The molecule has 0 heterocycles. The van der Waals surface area contributed by atoms with E-state index in [1.54, 1.807) is 14.0 Å². The van der Waals surface area contributed by atoms with E-state index in [-0.39, 0.29) is 12.1 Å². The molecule has 1 aromatic carbocycles. The molecular weight excluding hydrogens is 190 g/mol. The van der Waals surface area contributed by atoms with Crippen molar-refractivity contribution in [3.05, 3.63) is 29.8 Å². The maximum Gasteiger partial charge on any atom is 0.118 e. The van der Waals surface area contributed by atoms with Crippen LogP contribution < -0.4 is 10.1 Å². The van der Waals surface area contributed by atoms with Crippen molar-refractivity contribution in [1.29, 1.82) is 0 Å². The van der Waals surface area contributed by atoms with Crippen LogP contribution in [0.5, 0.6) is 5.75 Å². The number of benzene rings is 1. The van der Waals surface area contributed by atoms with Crippen LogP contribution in [0.4, 0.5) is 0 Å². The van der Waals surface area contributed by atoms with Gasteiger partial charge in [-0.05, 0) is 31.5 Å². The van der Waals surface area contributed by atoms with Gasteiger partial charge in [-0.3, -0.25) is 0 Å². The quantitative estimate of drug-likeness (QED) is 0.776. The number of hydrogen-bond acceptors (Lipinski definition) is 3. The Balaban J connectivity index is 2.54. The second kappa shape index (κ2) is 5.73. The van der Waals surface area contributed by atoms with E-state index in [0.717, 1.165) is 5.75 Å². The van der Waals surface area contributed by atoms with E-state index in [4.69, 9.17) is 9.84 Å². The van der Waals surface area contributed by atoms with E-state index in [9.17, 15) is 0 Å². The molecule has 15 heavy (non-hydrogen) atoms. The lowest BCUT2D eigenvalue weighted by Gasteiger charge is -2.15. The van der Waals surface area contributed by atoms with Crippen molar-refractivity contribution in [2.24, 2.45) is 0 Å². The lowest BCUT2D eigenvalue weighted by Crippen LogP contribution is -2.27. The number of aliphatic hydroxyl groups is 1. The van der Waals surface area contributed by atoms with Gasteiger partial charge in [0.05, 0.1) is 13.2 Å². The Kier molecular flexibility index (Phi) is 4.59. The number of aliphatic hydroxyl groups excluding tert-OH is 1. The lowest BCUT2D eigenvalue weighted by atomic mass is 10.1. The number of rotatable bonds is 5. The molecule has 2 atom stereocenters. The Labute approximate surface area is 91.1 Å². The Hall–Kier alpha value is -1.06. The fourth-order valence-electron chi connectivity index (χ4n) is 1.36. The average Bonchev–Trinajstić information content (AvgIpc) is 2.26. The van der Waals surface area contributed by atoms with Crippen molar-refractivity contribution in [3.8, 4) is 5.75 Å². The summed E-state index contributed by atoms with van der Waals surface area (Å²) < 4.78 is 5.09. The third kappa shape index (κ3) is 3.90. The van der Waals surface area contributed by atoms with E-state index in [2.05, 4.69) is 12.2 Å². The summed E-state index contributed by atoms with van der Waals surface area (Å²) in [5.41, 5.74) is 1.19. The monoisotopic (exact) mass is 209 g/mol. The molecule has 3 heteroatoms. The molecule has 0 spiro atoms. The molecule has 0 fully saturated rings. The molecule has 0 bridgehead atoms. The highest BCUT2D eigenvalue weighted by Crippen LogP contribution is 2.16. The van der Waals surface area contributed by atoms with Crippen molar-refractivity contribution < 1.29 is 9.84 Å². The molecule has 0 radical (unpaired) electrons. The third-order valence-electron chi connectivity index (χ3n) is 2.34. The van der Waals surface area contributed by atoms with Crippen molar-refractivity contribution in [2.45, 2.75) is 26.0 Å². The Bertz CT molecular complexity index is 282. The largest absolute Gasteiger partial charge is 0.497 e. The minimum atomic E-state index is -0.314. The van der Waals surface area contributed by atoms with Gasteiger partial charge in [-0.25, -0.2) is 0 Å². The van der Waals surface area contributed by atoms with Crippen LogP contribution >= 0.6 is 0 Å². The van der Waals surface area contributed by atoms with Crippen molar-refractivity contribution in [1.82, 2.24) is 5.32 Å². The highest BCUT2D eigenvalue weighted by molar-refractivity contribution is 5.28. The van der Waals surface area contributed by atoms with Crippen LogP contribution in [0.2, 0.25) is 0 Å². The minimum absolute atomic E-state index is 0.241. The Morgan fingerprint density at radius 2 is 1.87 bits per heavy atom. The second-order valence-corrected chi connectivity index (χ2v) is 3.75. The summed E-state index contributed by atoms with van der Waals surface area (Å²) >= 11 is 0. The summed E-state index contributed by atoms with van der Waals surface area (Å²) in [6.07, 6.45) is -0.314. The van der Waals surface area contributed by atoms with Crippen molar-refractivity contribution in [2.75, 3.05) is 13.7 Å². The standard InChI is InChI=1S/C12H19NO2/c1-9(14)8-13-10(2)11-4-6-12(15-3)7-5-11/h4-7,9-10,13-14H,8H2,1-3H3/t9-,10+/m0/s1. The van der Waals surface area contributed by atoms with Gasteiger partial charge in [0, 0.05) is 12.6 Å². The zero-order valence-corrected chi connectivity index (χ0v) is 9.53. The molecule has 0 aliphatic heterocycles. The van der Waals surface area contributed by atoms with E-state index in [1.807, 2.05) is 24.3 Å². The lowest BCUT2D eigenvalue weighted by molar-refractivity contribution is 0.187. The van der Waals surface area contributed by atoms with Gasteiger partial charge in [-0.1, -0.05) is 12.1 Å². The maximum atomic E-state index is 9.15. The SMILES string of the molecule is COc1ccc([C@@H](C)NC[C@H](C)O)cc1. The molecule has 0 saturated carbocycles. The molecule has 1 rings (SSSR count). The Morgan fingerprint density at radius 1 is 1.27 bits per heavy atom. The predicted molar refractivity (Wildman–Crippen MR) is 61.1 cm³/mol. The van der Waals surface area contributed by atoms with Gasteiger partial charge in [0.25, 0.3) is 0 Å². The van der Waals surface area contributed by atoms with Gasteiger partial charge in [0.15, 0.2) is 0 Å². The van der Waals surface area contributed by atoms with Gasteiger partial charge in [0.1, 0.15) is 5.75 Å². The van der Waals surface area contributed by atoms with Gasteiger partial charge in [-0.15, -0.1) is 0 Å². The van der Waals surface area contributed by atoms with Gasteiger partial charge >= 0.3 is 0 Å². The Morgan fingerprint density at radius 3 is 2.33 bits per heavy atom. The van der Waals surface area contributed by atoms with E-state index in [1.165, 1.54) is 5.56 Å². The summed E-state index contributed by atoms with van der Waals surface area (Å²) in [6, 6.07) is 8.17. The van der Waals surface area contributed by atoms with Crippen LogP contribution in [-0.2, 0) is 0 Å². The smallest absolute Gasteiger partial charge is 0.118 e. The minimum Gasteiger partial charge on any atom is -0.497 e. The summed E-state index contributed by atoms with van der Waals surface area (Å²) in [5.74, 6) is 0.862. The highest BCUT2D eigenvalue weighted by Gasteiger charge is 2.05. The molecule has 2 N–H and O–H groups in total. The van der Waals surface area contributed by atoms with Crippen molar-refractivity contribution in [3.63, 3.8) is 0 Å². The third-order valence-corrected chi connectivity index (χ3v) is 2.34. The fourth-order valence-corrected chi connectivity index (χ4v) is 1.36. The predicted octanol–water partition coefficient (Wildman–Crippen LogP) is 1.73. The van der Waals surface area contributed by atoms with E-state index < -0.39 is 0 Å². The normalized spacial score (nSPS) is 14.7. The molecule has 0 aromatic heterocycles. The maximum absolute atomic E-state index is 9.15. The number of methoxy groups -OCH3 is 1. The first-order valence-electron chi connectivity index (χ1n) is 5.19. The number of hydrogen-bond donors (Lipinski definition) is 2. The first-order chi connectivity index (χ1) is 7.13. The van der Waals surface area contributed by atoms with Crippen LogP contribution in [0, 0.1) is 0 Å². The topological polar surface area (TPSA) is 41.5 Å². The fraction of sp³-hybridized carbons (Fsp3) is 0.500. The summed E-state index contributed by atoms with van der Waals surface area (Å²) in [6.45, 7) is 4.45. The van der Waals surface area contributed by atoms with E-state index >= 15 is 0 Å². The average molecular weight is 209 g/mol. The van der Waals surface area contributed by atoms with Gasteiger partial charge in [0.2, 0.25) is 0 Å². The summed E-state index contributed by atoms with van der Waals surface area (Å²) in [7, 11) is 1.66. The molecule has 1 aromatic rings.